The van der Waals surface area contributed by atoms with E-state index in [4.69, 9.17) is 21.3 Å². The Bertz CT molecular complexity index is 842. The summed E-state index contributed by atoms with van der Waals surface area (Å²) in [6.07, 6.45) is 1.48. The molecule has 1 unspecified atom stereocenters. The molecule has 0 aliphatic carbocycles. The number of aromatic nitrogens is 1. The van der Waals surface area contributed by atoms with E-state index in [0.717, 1.165) is 0 Å². The number of aliphatic hydroxyl groups excluding tert-OH is 1. The number of benzene rings is 1. The van der Waals surface area contributed by atoms with Crippen LogP contribution in [0.1, 0.15) is 13.8 Å². The summed E-state index contributed by atoms with van der Waals surface area (Å²) in [6.45, 7) is 3.89. The topological polar surface area (TPSA) is 127 Å². The van der Waals surface area contributed by atoms with Crippen LogP contribution in [0.25, 0.3) is 11.1 Å². The minimum Gasteiger partial charge on any atom is -0.441 e. The third kappa shape index (κ3) is 4.68. The maximum Gasteiger partial charge on any atom is 0.414 e. The van der Waals surface area contributed by atoms with Crippen molar-refractivity contribution >= 4 is 17.6 Å². The molecular formula is C19H24FN5O3. The minimum atomic E-state index is -0.612. The molecule has 0 spiro atoms. The van der Waals surface area contributed by atoms with Gasteiger partial charge in [0.1, 0.15) is 23.6 Å². The second kappa shape index (κ2) is 9.56. The molecule has 1 atom stereocenters. The standard InChI is InChI=1S/C17H18FN5O3.C2H6/c18-14-5-11(23-8-12(9-24)26-17(23)25)2-3-13(14)10-1-4-16(21-7-10)22-15(20)6-19;1-2/h1-7,12,24H,8-9,19-20H2,(H,21,22);1-2H3/b15-6+;. The molecule has 1 amide bonds. The highest BCUT2D eigenvalue weighted by Crippen LogP contribution is 2.29. The van der Waals surface area contributed by atoms with Gasteiger partial charge in [0.25, 0.3) is 0 Å². The van der Waals surface area contributed by atoms with Gasteiger partial charge < -0.3 is 26.6 Å². The maximum absolute atomic E-state index is 14.5. The molecule has 1 saturated heterocycles. The van der Waals surface area contributed by atoms with Gasteiger partial charge in [0, 0.05) is 23.5 Å². The van der Waals surface area contributed by atoms with Crippen molar-refractivity contribution in [2.45, 2.75) is 20.0 Å². The lowest BCUT2D eigenvalue weighted by molar-refractivity contribution is 0.0963. The molecule has 6 N–H and O–H groups in total. The van der Waals surface area contributed by atoms with Crippen LogP contribution in [0.15, 0.2) is 48.5 Å². The number of cyclic esters (lactones) is 1. The van der Waals surface area contributed by atoms with E-state index in [2.05, 4.69) is 10.3 Å². The minimum absolute atomic E-state index is 0.173. The second-order valence-corrected chi connectivity index (χ2v) is 5.64. The highest BCUT2D eigenvalue weighted by molar-refractivity contribution is 5.90. The summed E-state index contributed by atoms with van der Waals surface area (Å²) in [6, 6.07) is 7.74. The first-order valence-corrected chi connectivity index (χ1v) is 8.81. The number of halogens is 1. The van der Waals surface area contributed by atoms with Crippen LogP contribution in [0.3, 0.4) is 0 Å². The number of carbonyl (C=O) groups excluding carboxylic acids is 1. The van der Waals surface area contributed by atoms with Gasteiger partial charge in [-0.15, -0.1) is 0 Å². The van der Waals surface area contributed by atoms with E-state index in [1.165, 1.54) is 23.4 Å². The van der Waals surface area contributed by atoms with Crippen molar-refractivity contribution in [3.63, 3.8) is 0 Å². The van der Waals surface area contributed by atoms with Gasteiger partial charge in [0.15, 0.2) is 0 Å². The molecule has 2 aromatic rings. The van der Waals surface area contributed by atoms with Crippen molar-refractivity contribution < 1.29 is 19.0 Å². The zero-order valence-corrected chi connectivity index (χ0v) is 15.7. The lowest BCUT2D eigenvalue weighted by atomic mass is 10.1. The van der Waals surface area contributed by atoms with Gasteiger partial charge in [-0.3, -0.25) is 4.90 Å². The first-order chi connectivity index (χ1) is 13.5. The number of amides is 1. The van der Waals surface area contributed by atoms with Gasteiger partial charge in [-0.25, -0.2) is 14.2 Å². The Morgan fingerprint density at radius 1 is 1.43 bits per heavy atom. The Balaban J connectivity index is 0.00000136. The van der Waals surface area contributed by atoms with E-state index in [-0.39, 0.29) is 19.0 Å². The van der Waals surface area contributed by atoms with Crippen molar-refractivity contribution in [3.8, 4) is 11.1 Å². The number of ether oxygens (including phenoxy) is 1. The molecule has 3 rings (SSSR count). The lowest BCUT2D eigenvalue weighted by Crippen LogP contribution is -2.25. The summed E-state index contributed by atoms with van der Waals surface area (Å²) >= 11 is 0. The fourth-order valence-electron chi connectivity index (χ4n) is 2.55. The molecular weight excluding hydrogens is 365 g/mol. The summed E-state index contributed by atoms with van der Waals surface area (Å²) in [7, 11) is 0. The van der Waals surface area contributed by atoms with Crippen LogP contribution in [0.2, 0.25) is 0 Å². The molecule has 9 heteroatoms. The highest BCUT2D eigenvalue weighted by atomic mass is 19.1. The summed E-state index contributed by atoms with van der Waals surface area (Å²) in [5.41, 5.74) is 12.1. The van der Waals surface area contributed by atoms with Crippen molar-refractivity contribution in [1.82, 2.24) is 4.98 Å². The van der Waals surface area contributed by atoms with Crippen LogP contribution in [-0.2, 0) is 4.74 Å². The first kappa shape index (κ1) is 21.0. The van der Waals surface area contributed by atoms with Gasteiger partial charge in [0.2, 0.25) is 0 Å². The molecule has 1 aromatic carbocycles. The van der Waals surface area contributed by atoms with E-state index in [1.54, 1.807) is 24.3 Å². The Labute approximate surface area is 162 Å². The Morgan fingerprint density at radius 3 is 2.71 bits per heavy atom. The number of pyridine rings is 1. The van der Waals surface area contributed by atoms with Gasteiger partial charge in [-0.05, 0) is 30.3 Å². The van der Waals surface area contributed by atoms with E-state index >= 15 is 0 Å². The van der Waals surface area contributed by atoms with Crippen LogP contribution >= 0.6 is 0 Å². The van der Waals surface area contributed by atoms with E-state index < -0.39 is 18.0 Å². The van der Waals surface area contributed by atoms with Crippen molar-refractivity contribution in [2.24, 2.45) is 11.5 Å². The van der Waals surface area contributed by atoms with Gasteiger partial charge in [-0.2, -0.15) is 0 Å². The molecule has 2 heterocycles. The van der Waals surface area contributed by atoms with Crippen molar-refractivity contribution in [3.05, 3.63) is 54.4 Å². The molecule has 1 fully saturated rings. The third-order valence-corrected chi connectivity index (χ3v) is 3.87. The van der Waals surface area contributed by atoms with Gasteiger partial charge in [-0.1, -0.05) is 13.8 Å². The number of aliphatic hydroxyl groups is 1. The van der Waals surface area contributed by atoms with Crippen LogP contribution in [0.4, 0.5) is 20.7 Å². The number of nitrogens with zero attached hydrogens (tertiary/aromatic N) is 2. The van der Waals surface area contributed by atoms with Crippen LogP contribution in [-0.4, -0.2) is 35.4 Å². The number of hydrogen-bond donors (Lipinski definition) is 4. The molecule has 1 aliphatic rings. The van der Waals surface area contributed by atoms with Crippen LogP contribution in [0.5, 0.6) is 0 Å². The molecule has 0 radical (unpaired) electrons. The summed E-state index contributed by atoms with van der Waals surface area (Å²) in [4.78, 5) is 17.2. The third-order valence-electron chi connectivity index (χ3n) is 3.87. The van der Waals surface area contributed by atoms with Crippen LogP contribution < -0.4 is 21.7 Å². The second-order valence-electron chi connectivity index (χ2n) is 5.64. The number of anilines is 2. The van der Waals surface area contributed by atoms with Gasteiger partial charge in [0.05, 0.1) is 18.8 Å². The number of carbonyl (C=O) groups is 1. The number of nitrogens with one attached hydrogen (secondary N) is 1. The van der Waals surface area contributed by atoms with E-state index in [1.807, 2.05) is 13.8 Å². The van der Waals surface area contributed by atoms with Crippen molar-refractivity contribution in [2.75, 3.05) is 23.4 Å². The van der Waals surface area contributed by atoms with Crippen LogP contribution in [0, 0.1) is 5.82 Å². The molecule has 8 nitrogen and oxygen atoms in total. The molecule has 1 aromatic heterocycles. The largest absolute Gasteiger partial charge is 0.441 e. The molecule has 0 saturated carbocycles. The zero-order chi connectivity index (χ0) is 20.7. The van der Waals surface area contributed by atoms with Gasteiger partial charge >= 0.3 is 6.09 Å². The predicted octanol–water partition coefficient (Wildman–Crippen LogP) is 2.36. The summed E-state index contributed by atoms with van der Waals surface area (Å²) < 4.78 is 19.5. The lowest BCUT2D eigenvalue weighted by Gasteiger charge is -2.14. The fraction of sp³-hybridized carbons (Fsp3) is 0.263. The molecule has 1 aliphatic heterocycles. The average Bonchev–Trinajstić information content (AvgIpc) is 3.11. The fourth-order valence-corrected chi connectivity index (χ4v) is 2.55. The number of hydrogen-bond acceptors (Lipinski definition) is 7. The monoisotopic (exact) mass is 389 g/mol. The predicted molar refractivity (Wildman–Crippen MR) is 106 cm³/mol. The van der Waals surface area contributed by atoms with E-state index in [0.29, 0.717) is 22.6 Å². The molecule has 0 bridgehead atoms. The Kier molecular flexibility index (Phi) is 7.16. The van der Waals surface area contributed by atoms with Crippen molar-refractivity contribution in [1.29, 1.82) is 0 Å². The zero-order valence-electron chi connectivity index (χ0n) is 15.7. The Morgan fingerprint density at radius 2 is 2.18 bits per heavy atom. The number of nitrogens with two attached hydrogens (primary N) is 2. The Hall–Kier alpha value is -3.33. The van der Waals surface area contributed by atoms with E-state index in [9.17, 15) is 9.18 Å². The normalized spacial score (nSPS) is 16.3. The summed E-state index contributed by atoms with van der Waals surface area (Å²) in [5.74, 6) is 0.214. The SMILES string of the molecule is CC.N/C=C(\N)Nc1ccc(-c2ccc(N3CC(CO)OC3=O)cc2F)cn1. The smallest absolute Gasteiger partial charge is 0.414 e. The molecule has 28 heavy (non-hydrogen) atoms. The maximum atomic E-state index is 14.5. The summed E-state index contributed by atoms with van der Waals surface area (Å²) in [5, 5.41) is 11.9. The molecule has 150 valence electrons. The number of rotatable bonds is 5. The quantitative estimate of drug-likeness (QED) is 0.618. The average molecular weight is 389 g/mol. The first-order valence-electron chi connectivity index (χ1n) is 8.81. The highest BCUT2D eigenvalue weighted by Gasteiger charge is 2.32.